The van der Waals surface area contributed by atoms with Crippen molar-refractivity contribution in [1.29, 1.82) is 0 Å². The van der Waals surface area contributed by atoms with E-state index >= 15 is 0 Å². The molecule has 1 aliphatic heterocycles. The number of aromatic nitrogens is 2. The van der Waals surface area contributed by atoms with Gasteiger partial charge in [0.15, 0.2) is 0 Å². The molecule has 0 saturated carbocycles. The van der Waals surface area contributed by atoms with Gasteiger partial charge in [-0.2, -0.15) is 0 Å². The number of esters is 1. The lowest BCUT2D eigenvalue weighted by Gasteiger charge is -2.29. The molecule has 0 bridgehead atoms. The number of carbonyl (C=O) groups is 1. The van der Waals surface area contributed by atoms with Crippen LogP contribution in [0.2, 0.25) is 0 Å². The van der Waals surface area contributed by atoms with Crippen molar-refractivity contribution in [3.63, 3.8) is 0 Å². The largest absolute Gasteiger partial charge is 0.466 e. The van der Waals surface area contributed by atoms with Crippen molar-refractivity contribution in [3.8, 4) is 5.88 Å². The highest BCUT2D eigenvalue weighted by Gasteiger charge is 2.28. The van der Waals surface area contributed by atoms with Crippen LogP contribution in [-0.2, 0) is 30.7 Å². The standard InChI is InChI=1S/C28H26FN3O3/c1-3-23-13-14-24(35-23)16-26-28(34-19(2)33)32-18-31(22-10-5-4-6-11-22)17-21(27(32)30-26)15-20-9-7-8-12-25(20)29/h4-14,17H,3,15-16,18H2,1-2H3. The lowest BCUT2D eigenvalue weighted by Crippen LogP contribution is -2.27. The summed E-state index contributed by atoms with van der Waals surface area (Å²) >= 11 is 0. The summed E-state index contributed by atoms with van der Waals surface area (Å²) in [6.45, 7) is 3.80. The number of rotatable bonds is 7. The maximum Gasteiger partial charge on any atom is 0.309 e. The predicted molar refractivity (Wildman–Crippen MR) is 131 cm³/mol. The zero-order chi connectivity index (χ0) is 24.4. The number of anilines is 1. The molecule has 0 aliphatic carbocycles. The van der Waals surface area contributed by atoms with Gasteiger partial charge in [0, 0.05) is 37.2 Å². The van der Waals surface area contributed by atoms with Crippen LogP contribution in [0.15, 0.2) is 77.3 Å². The Morgan fingerprint density at radius 3 is 2.49 bits per heavy atom. The molecule has 2 aromatic carbocycles. The predicted octanol–water partition coefficient (Wildman–Crippen LogP) is 5.76. The molecule has 1 aliphatic rings. The summed E-state index contributed by atoms with van der Waals surface area (Å²) in [6, 6.07) is 20.5. The third-order valence-corrected chi connectivity index (χ3v) is 5.96. The maximum atomic E-state index is 14.6. The minimum absolute atomic E-state index is 0.272. The number of benzene rings is 2. The van der Waals surface area contributed by atoms with Crippen LogP contribution in [-0.4, -0.2) is 15.5 Å². The molecule has 5 rings (SSSR count). The summed E-state index contributed by atoms with van der Waals surface area (Å²) in [6.07, 6.45) is 3.50. The molecule has 0 fully saturated rings. The summed E-state index contributed by atoms with van der Waals surface area (Å²) in [5.41, 5.74) is 2.95. The first-order chi connectivity index (χ1) is 17.0. The Morgan fingerprint density at radius 1 is 1.03 bits per heavy atom. The van der Waals surface area contributed by atoms with Gasteiger partial charge in [0.05, 0.1) is 6.42 Å². The quantitative estimate of drug-likeness (QED) is 0.321. The Hall–Kier alpha value is -4.13. The Labute approximate surface area is 203 Å². The van der Waals surface area contributed by atoms with Crippen molar-refractivity contribution < 1.29 is 18.3 Å². The van der Waals surface area contributed by atoms with E-state index in [1.165, 1.54) is 13.0 Å². The third kappa shape index (κ3) is 4.75. The van der Waals surface area contributed by atoms with E-state index in [2.05, 4.69) is 0 Å². The number of halogens is 1. The van der Waals surface area contributed by atoms with Crippen LogP contribution in [0.3, 0.4) is 0 Å². The zero-order valence-corrected chi connectivity index (χ0v) is 19.7. The van der Waals surface area contributed by atoms with Gasteiger partial charge in [-0.1, -0.05) is 43.3 Å². The fourth-order valence-corrected chi connectivity index (χ4v) is 4.29. The smallest absolute Gasteiger partial charge is 0.309 e. The molecular formula is C28H26FN3O3. The van der Waals surface area contributed by atoms with Crippen LogP contribution >= 0.6 is 0 Å². The molecule has 2 aromatic heterocycles. The van der Waals surface area contributed by atoms with Crippen molar-refractivity contribution in [3.05, 3.63) is 107 Å². The second-order valence-electron chi connectivity index (χ2n) is 8.48. The van der Waals surface area contributed by atoms with Gasteiger partial charge >= 0.3 is 5.97 Å². The monoisotopic (exact) mass is 471 g/mol. The summed E-state index contributed by atoms with van der Waals surface area (Å²) in [5.74, 6) is 1.94. The highest BCUT2D eigenvalue weighted by Crippen LogP contribution is 2.35. The van der Waals surface area contributed by atoms with Crippen molar-refractivity contribution in [1.82, 2.24) is 9.55 Å². The molecule has 0 amide bonds. The first-order valence-electron chi connectivity index (χ1n) is 11.6. The van der Waals surface area contributed by atoms with Crippen LogP contribution in [0.4, 0.5) is 10.1 Å². The minimum atomic E-state index is -0.431. The summed E-state index contributed by atoms with van der Waals surface area (Å²) in [7, 11) is 0. The summed E-state index contributed by atoms with van der Waals surface area (Å²) in [4.78, 5) is 19.0. The van der Waals surface area contributed by atoms with Gasteiger partial charge in [0.25, 0.3) is 0 Å². The molecule has 0 N–H and O–H groups in total. The average molecular weight is 472 g/mol. The van der Waals surface area contributed by atoms with Crippen molar-refractivity contribution in [2.24, 2.45) is 0 Å². The van der Waals surface area contributed by atoms with Gasteiger partial charge in [-0.15, -0.1) is 0 Å². The van der Waals surface area contributed by atoms with E-state index in [1.54, 1.807) is 12.1 Å². The van der Waals surface area contributed by atoms with Crippen LogP contribution in [0, 0.1) is 5.82 Å². The second kappa shape index (κ2) is 9.62. The number of ether oxygens (including phenoxy) is 1. The van der Waals surface area contributed by atoms with Gasteiger partial charge in [0.2, 0.25) is 5.88 Å². The number of fused-ring (bicyclic) bond motifs is 1. The summed E-state index contributed by atoms with van der Waals surface area (Å²) < 4.78 is 28.0. The molecule has 35 heavy (non-hydrogen) atoms. The van der Waals surface area contributed by atoms with Crippen LogP contribution < -0.4 is 9.64 Å². The lowest BCUT2D eigenvalue weighted by atomic mass is 10.0. The third-order valence-electron chi connectivity index (χ3n) is 5.96. The lowest BCUT2D eigenvalue weighted by molar-refractivity contribution is -0.132. The molecule has 7 heteroatoms. The van der Waals surface area contributed by atoms with E-state index in [0.29, 0.717) is 42.5 Å². The fourth-order valence-electron chi connectivity index (χ4n) is 4.29. The number of para-hydroxylation sites is 1. The van der Waals surface area contributed by atoms with Crippen molar-refractivity contribution in [2.45, 2.75) is 39.8 Å². The van der Waals surface area contributed by atoms with Gasteiger partial charge in [-0.25, -0.2) is 9.37 Å². The molecule has 0 radical (unpaired) electrons. The first-order valence-corrected chi connectivity index (χ1v) is 11.6. The number of allylic oxidation sites excluding steroid dienone is 1. The maximum absolute atomic E-state index is 14.6. The number of hydrogen-bond donors (Lipinski definition) is 0. The number of carbonyl (C=O) groups excluding carboxylic acids is 1. The van der Waals surface area contributed by atoms with Gasteiger partial charge in [-0.05, 0) is 35.9 Å². The number of furan rings is 1. The van der Waals surface area contributed by atoms with Crippen LogP contribution in [0.5, 0.6) is 5.88 Å². The minimum Gasteiger partial charge on any atom is -0.466 e. The SMILES string of the molecule is CCc1ccc(Cc2nc3n(c2OC(C)=O)CN(c2ccccc2)C=C3Cc2ccccc2F)o1. The highest BCUT2D eigenvalue weighted by molar-refractivity contribution is 5.73. The second-order valence-corrected chi connectivity index (χ2v) is 8.48. The van der Waals surface area contributed by atoms with Crippen LogP contribution in [0.1, 0.15) is 42.4 Å². The Kier molecular flexibility index (Phi) is 6.23. The van der Waals surface area contributed by atoms with E-state index < -0.39 is 5.97 Å². The van der Waals surface area contributed by atoms with E-state index in [1.807, 2.05) is 71.1 Å². The Balaban J connectivity index is 1.60. The summed E-state index contributed by atoms with van der Waals surface area (Å²) in [5, 5.41) is 0. The molecule has 0 saturated heterocycles. The molecule has 6 nitrogen and oxygen atoms in total. The number of aryl methyl sites for hydroxylation is 1. The van der Waals surface area contributed by atoms with Gasteiger partial charge in [-0.3, -0.25) is 9.36 Å². The van der Waals surface area contributed by atoms with E-state index in [9.17, 15) is 9.18 Å². The van der Waals surface area contributed by atoms with Gasteiger partial charge in [0.1, 0.15) is 35.5 Å². The van der Waals surface area contributed by atoms with Crippen LogP contribution in [0.25, 0.3) is 5.57 Å². The number of hydrogen-bond acceptors (Lipinski definition) is 5. The molecule has 4 aromatic rings. The van der Waals surface area contributed by atoms with Crippen molar-refractivity contribution in [2.75, 3.05) is 4.90 Å². The molecule has 178 valence electrons. The fraction of sp³-hybridized carbons (Fsp3) is 0.214. The molecule has 0 atom stereocenters. The van der Waals surface area contributed by atoms with E-state index in [-0.39, 0.29) is 5.82 Å². The normalized spacial score (nSPS) is 12.9. The van der Waals surface area contributed by atoms with Crippen molar-refractivity contribution >= 4 is 17.2 Å². The van der Waals surface area contributed by atoms with Gasteiger partial charge < -0.3 is 14.1 Å². The highest BCUT2D eigenvalue weighted by atomic mass is 19.1. The number of imidazole rings is 1. The molecule has 0 unspecified atom stereocenters. The zero-order valence-electron chi connectivity index (χ0n) is 19.7. The molecule has 0 spiro atoms. The molecule has 3 heterocycles. The number of nitrogens with zero attached hydrogens (tertiary/aromatic N) is 3. The Morgan fingerprint density at radius 2 is 1.77 bits per heavy atom. The first kappa shape index (κ1) is 22.7. The Bertz CT molecular complexity index is 1390. The average Bonchev–Trinajstić information content (AvgIpc) is 3.45. The van der Waals surface area contributed by atoms with E-state index in [4.69, 9.17) is 14.1 Å². The topological polar surface area (TPSA) is 60.5 Å². The van der Waals surface area contributed by atoms with E-state index in [0.717, 1.165) is 29.2 Å². The molecular weight excluding hydrogens is 445 g/mol.